The van der Waals surface area contributed by atoms with Crippen LogP contribution < -0.4 is 5.32 Å². The molecule has 1 atom stereocenters. The summed E-state index contributed by atoms with van der Waals surface area (Å²) in [7, 11) is 0. The first-order chi connectivity index (χ1) is 9.65. The van der Waals surface area contributed by atoms with Crippen molar-refractivity contribution in [3.8, 4) is 0 Å². The number of anilines is 1. The van der Waals surface area contributed by atoms with Crippen molar-refractivity contribution in [2.45, 2.75) is 17.4 Å². The Bertz CT molecular complexity index is 650. The van der Waals surface area contributed by atoms with Crippen molar-refractivity contribution in [1.29, 1.82) is 0 Å². The maximum atomic E-state index is 13.8. The largest absolute Gasteiger partial charge is 0.377 e. The number of halogens is 3. The predicted octanol–water partition coefficient (Wildman–Crippen LogP) is 5.73. The fourth-order valence-electron chi connectivity index (χ4n) is 2.33. The Morgan fingerprint density at radius 3 is 2.95 bits per heavy atom. The Labute approximate surface area is 140 Å². The number of benzene rings is 2. The first-order valence-electron chi connectivity index (χ1n) is 6.28. The Balaban J connectivity index is 1.91. The summed E-state index contributed by atoms with van der Waals surface area (Å²) in [6.45, 7) is 0. The Morgan fingerprint density at radius 1 is 1.30 bits per heavy atom. The van der Waals surface area contributed by atoms with Crippen LogP contribution in [0.2, 0.25) is 5.02 Å². The molecule has 2 aromatic carbocycles. The fraction of sp³-hybridized carbons (Fsp3) is 0.200. The molecule has 0 amide bonds. The van der Waals surface area contributed by atoms with Crippen LogP contribution in [0.1, 0.15) is 18.0 Å². The molecule has 1 nitrogen and oxygen atoms in total. The number of rotatable bonds is 2. The van der Waals surface area contributed by atoms with Crippen molar-refractivity contribution in [1.82, 2.24) is 0 Å². The third-order valence-electron chi connectivity index (χ3n) is 3.29. The molecule has 1 aliphatic heterocycles. The second-order valence-electron chi connectivity index (χ2n) is 4.62. The summed E-state index contributed by atoms with van der Waals surface area (Å²) in [5.41, 5.74) is 1.93. The molecule has 2 aromatic rings. The van der Waals surface area contributed by atoms with Gasteiger partial charge < -0.3 is 5.32 Å². The normalized spacial score (nSPS) is 17.6. The minimum absolute atomic E-state index is 0.111. The SMILES string of the molecule is Fc1cccc2c1SCCC2Nc1ccc(I)cc1Cl. The van der Waals surface area contributed by atoms with Crippen LogP contribution in [0.15, 0.2) is 41.3 Å². The molecule has 0 saturated carbocycles. The van der Waals surface area contributed by atoms with Crippen molar-refractivity contribution in [2.24, 2.45) is 0 Å². The van der Waals surface area contributed by atoms with Gasteiger partial charge in [0.05, 0.1) is 16.8 Å². The quantitative estimate of drug-likeness (QED) is 0.624. The van der Waals surface area contributed by atoms with Crippen LogP contribution in [0.5, 0.6) is 0 Å². The van der Waals surface area contributed by atoms with Gasteiger partial charge in [0, 0.05) is 14.2 Å². The van der Waals surface area contributed by atoms with E-state index in [0.717, 1.165) is 31.9 Å². The van der Waals surface area contributed by atoms with E-state index in [0.29, 0.717) is 5.02 Å². The molecule has 1 unspecified atom stereocenters. The van der Waals surface area contributed by atoms with Crippen LogP contribution in [-0.4, -0.2) is 5.75 Å². The first kappa shape index (κ1) is 14.5. The van der Waals surface area contributed by atoms with Gasteiger partial charge >= 0.3 is 0 Å². The zero-order valence-electron chi connectivity index (χ0n) is 10.5. The molecule has 0 fully saturated rings. The standard InChI is InChI=1S/C15H12ClFINS/c16-11-8-9(18)4-5-14(11)19-13-6-7-20-15-10(13)2-1-3-12(15)17/h1-5,8,13,19H,6-7H2. The first-order valence-corrected chi connectivity index (χ1v) is 8.72. The summed E-state index contributed by atoms with van der Waals surface area (Å²) >= 11 is 10.1. The highest BCUT2D eigenvalue weighted by Gasteiger charge is 2.23. The molecule has 3 rings (SSSR count). The summed E-state index contributed by atoms with van der Waals surface area (Å²) in [4.78, 5) is 0.762. The van der Waals surface area contributed by atoms with Gasteiger partial charge in [0.25, 0.3) is 0 Å². The van der Waals surface area contributed by atoms with Gasteiger partial charge in [-0.2, -0.15) is 0 Å². The van der Waals surface area contributed by atoms with E-state index < -0.39 is 0 Å². The van der Waals surface area contributed by atoms with Crippen molar-refractivity contribution in [3.63, 3.8) is 0 Å². The van der Waals surface area contributed by atoms with Gasteiger partial charge in [0.1, 0.15) is 5.82 Å². The maximum absolute atomic E-state index is 13.8. The van der Waals surface area contributed by atoms with Gasteiger partial charge in [-0.05, 0) is 58.8 Å². The topological polar surface area (TPSA) is 12.0 Å². The molecule has 1 aliphatic rings. The zero-order chi connectivity index (χ0) is 14.1. The number of nitrogens with one attached hydrogen (secondary N) is 1. The predicted molar refractivity (Wildman–Crippen MR) is 92.3 cm³/mol. The van der Waals surface area contributed by atoms with E-state index in [2.05, 4.69) is 27.9 Å². The fourth-order valence-corrected chi connectivity index (χ4v) is 4.38. The van der Waals surface area contributed by atoms with E-state index in [1.165, 1.54) is 6.07 Å². The lowest BCUT2D eigenvalue weighted by Gasteiger charge is -2.27. The summed E-state index contributed by atoms with van der Waals surface area (Å²) in [6, 6.07) is 11.3. The number of thioether (sulfide) groups is 1. The van der Waals surface area contributed by atoms with Crippen LogP contribution in [0.4, 0.5) is 10.1 Å². The average molecular weight is 420 g/mol. The minimum Gasteiger partial charge on any atom is -0.377 e. The monoisotopic (exact) mass is 419 g/mol. The smallest absolute Gasteiger partial charge is 0.137 e. The Kier molecular flexibility index (Phi) is 4.43. The van der Waals surface area contributed by atoms with Crippen LogP contribution >= 0.6 is 46.0 Å². The summed E-state index contributed by atoms with van der Waals surface area (Å²) in [5.74, 6) is 0.779. The second-order valence-corrected chi connectivity index (χ2v) is 7.37. The van der Waals surface area contributed by atoms with Crippen LogP contribution in [0.3, 0.4) is 0 Å². The Hall–Kier alpha value is -0.460. The van der Waals surface area contributed by atoms with E-state index in [4.69, 9.17) is 11.6 Å². The lowest BCUT2D eigenvalue weighted by molar-refractivity contribution is 0.585. The summed E-state index contributed by atoms with van der Waals surface area (Å²) in [6.07, 6.45) is 0.962. The van der Waals surface area contributed by atoms with E-state index in [-0.39, 0.29) is 11.9 Å². The lowest BCUT2D eigenvalue weighted by atomic mass is 10.0. The van der Waals surface area contributed by atoms with Crippen molar-refractivity contribution in [2.75, 3.05) is 11.1 Å². The molecule has 0 aliphatic carbocycles. The number of hydrogen-bond acceptors (Lipinski definition) is 2. The maximum Gasteiger partial charge on any atom is 0.137 e. The average Bonchev–Trinajstić information content (AvgIpc) is 2.43. The highest BCUT2D eigenvalue weighted by atomic mass is 127. The van der Waals surface area contributed by atoms with E-state index in [9.17, 15) is 4.39 Å². The molecule has 0 radical (unpaired) electrons. The van der Waals surface area contributed by atoms with Crippen LogP contribution in [0.25, 0.3) is 0 Å². The molecule has 0 bridgehead atoms. The van der Waals surface area contributed by atoms with Gasteiger partial charge in [-0.1, -0.05) is 23.7 Å². The molecule has 20 heavy (non-hydrogen) atoms. The van der Waals surface area contributed by atoms with Gasteiger partial charge in [0.15, 0.2) is 0 Å². The van der Waals surface area contributed by atoms with Crippen molar-refractivity contribution >= 4 is 51.6 Å². The van der Waals surface area contributed by atoms with E-state index in [1.807, 2.05) is 24.3 Å². The lowest BCUT2D eigenvalue weighted by Crippen LogP contribution is -2.17. The van der Waals surface area contributed by atoms with Gasteiger partial charge in [0.2, 0.25) is 0 Å². The van der Waals surface area contributed by atoms with Crippen LogP contribution in [-0.2, 0) is 0 Å². The second kappa shape index (κ2) is 6.12. The molecule has 0 saturated heterocycles. The third kappa shape index (κ3) is 2.92. The van der Waals surface area contributed by atoms with Crippen LogP contribution in [0, 0.1) is 9.39 Å². The Morgan fingerprint density at radius 2 is 2.15 bits per heavy atom. The molecule has 1 N–H and O–H groups in total. The number of hydrogen-bond donors (Lipinski definition) is 1. The van der Waals surface area contributed by atoms with E-state index in [1.54, 1.807) is 17.8 Å². The molecule has 104 valence electrons. The molecule has 0 aromatic heterocycles. The highest BCUT2D eigenvalue weighted by molar-refractivity contribution is 14.1. The van der Waals surface area contributed by atoms with Gasteiger partial charge in [-0.25, -0.2) is 4.39 Å². The molecular formula is C15H12ClFINS. The molecule has 0 spiro atoms. The number of fused-ring (bicyclic) bond motifs is 1. The zero-order valence-corrected chi connectivity index (χ0v) is 14.2. The van der Waals surface area contributed by atoms with Gasteiger partial charge in [-0.3, -0.25) is 0 Å². The van der Waals surface area contributed by atoms with Gasteiger partial charge in [-0.15, -0.1) is 11.8 Å². The molecule has 1 heterocycles. The van der Waals surface area contributed by atoms with E-state index >= 15 is 0 Å². The van der Waals surface area contributed by atoms with Crippen molar-refractivity contribution in [3.05, 3.63) is 56.4 Å². The van der Waals surface area contributed by atoms with Crippen molar-refractivity contribution < 1.29 is 4.39 Å². The summed E-state index contributed by atoms with van der Waals surface area (Å²) in [5, 5.41) is 4.15. The third-order valence-corrected chi connectivity index (χ3v) is 5.43. The highest BCUT2D eigenvalue weighted by Crippen LogP contribution is 2.40. The molecular weight excluding hydrogens is 408 g/mol. The minimum atomic E-state index is -0.132. The summed E-state index contributed by atoms with van der Waals surface area (Å²) < 4.78 is 14.9. The molecule has 5 heteroatoms.